The van der Waals surface area contributed by atoms with Gasteiger partial charge in [-0.15, -0.1) is 0 Å². The van der Waals surface area contributed by atoms with Crippen molar-refractivity contribution in [2.75, 3.05) is 13.1 Å². The Kier molecular flexibility index (Phi) is 3.39. The first-order valence-corrected chi connectivity index (χ1v) is 8.04. The summed E-state index contributed by atoms with van der Waals surface area (Å²) >= 11 is 0. The second-order valence-corrected chi connectivity index (χ2v) is 7.20. The number of morpholine rings is 1. The molecule has 2 aliphatic rings. The van der Waals surface area contributed by atoms with Crippen molar-refractivity contribution in [3.05, 3.63) is 23.8 Å². The number of carboxylic acid groups (broad SMARTS) is 1. The van der Waals surface area contributed by atoms with Gasteiger partial charge in [0.05, 0.1) is 17.1 Å². The fraction of sp³-hybridized carbons (Fsp3) is 0.462. The van der Waals surface area contributed by atoms with E-state index in [9.17, 15) is 18.3 Å². The van der Waals surface area contributed by atoms with Crippen molar-refractivity contribution in [2.45, 2.75) is 29.9 Å². The summed E-state index contributed by atoms with van der Waals surface area (Å²) in [5.41, 5.74) is -0.424. The van der Waals surface area contributed by atoms with Crippen LogP contribution in [0.25, 0.3) is 0 Å². The van der Waals surface area contributed by atoms with Gasteiger partial charge in [0.15, 0.2) is 0 Å². The predicted molar refractivity (Wildman–Crippen MR) is 71.7 cm³/mol. The molecule has 0 saturated carbocycles. The molecule has 0 spiro atoms. The van der Waals surface area contributed by atoms with Gasteiger partial charge < -0.3 is 14.9 Å². The minimum atomic E-state index is -3.78. The van der Waals surface area contributed by atoms with E-state index in [1.807, 2.05) is 0 Å². The highest BCUT2D eigenvalue weighted by Crippen LogP contribution is 2.31. The van der Waals surface area contributed by atoms with Gasteiger partial charge in [-0.1, -0.05) is 0 Å². The number of hydrogen-bond donors (Lipinski definition) is 2. The Morgan fingerprint density at radius 1 is 1.24 bits per heavy atom. The summed E-state index contributed by atoms with van der Waals surface area (Å²) in [6, 6.07) is 3.30. The van der Waals surface area contributed by atoms with Crippen LogP contribution in [0.2, 0.25) is 0 Å². The number of benzene rings is 1. The van der Waals surface area contributed by atoms with Crippen molar-refractivity contribution in [2.24, 2.45) is 0 Å². The van der Waals surface area contributed by atoms with Gasteiger partial charge in [-0.25, -0.2) is 13.2 Å². The first kappa shape index (κ1) is 14.3. The average Bonchev–Trinajstić information content (AvgIpc) is 2.77. The van der Waals surface area contributed by atoms with E-state index in [2.05, 4.69) is 0 Å². The number of phenols is 1. The van der Waals surface area contributed by atoms with E-state index < -0.39 is 27.3 Å². The maximum Gasteiger partial charge on any atom is 0.339 e. The van der Waals surface area contributed by atoms with E-state index in [0.29, 0.717) is 0 Å². The Labute approximate surface area is 121 Å². The Hall–Kier alpha value is -1.64. The molecule has 114 valence electrons. The van der Waals surface area contributed by atoms with Gasteiger partial charge in [0.2, 0.25) is 10.0 Å². The summed E-state index contributed by atoms with van der Waals surface area (Å²) in [6.45, 7) is 0.560. The summed E-state index contributed by atoms with van der Waals surface area (Å²) in [7, 11) is -3.78. The normalized spacial score (nSPS) is 25.9. The molecule has 7 nitrogen and oxygen atoms in total. The van der Waals surface area contributed by atoms with Crippen LogP contribution in [0.5, 0.6) is 5.75 Å². The highest BCUT2D eigenvalue weighted by Gasteiger charge is 2.39. The van der Waals surface area contributed by atoms with Crippen molar-refractivity contribution < 1.29 is 28.2 Å². The van der Waals surface area contributed by atoms with Crippen molar-refractivity contribution in [3.63, 3.8) is 0 Å². The average molecular weight is 313 g/mol. The zero-order valence-corrected chi connectivity index (χ0v) is 11.9. The van der Waals surface area contributed by atoms with E-state index >= 15 is 0 Å². The van der Waals surface area contributed by atoms with E-state index in [1.165, 1.54) is 10.4 Å². The van der Waals surface area contributed by atoms with Crippen LogP contribution in [0.15, 0.2) is 23.1 Å². The van der Waals surface area contributed by atoms with Crippen LogP contribution in [0.4, 0.5) is 0 Å². The number of carbonyl (C=O) groups is 1. The van der Waals surface area contributed by atoms with E-state index in [4.69, 9.17) is 9.84 Å². The predicted octanol–water partition coefficient (Wildman–Crippen LogP) is 0.642. The summed E-state index contributed by atoms with van der Waals surface area (Å²) < 4.78 is 32.1. The Bertz CT molecular complexity index is 674. The first-order valence-electron chi connectivity index (χ1n) is 6.60. The number of carboxylic acids is 1. The molecule has 1 aromatic carbocycles. The van der Waals surface area contributed by atoms with Crippen molar-refractivity contribution in [1.29, 1.82) is 0 Å². The number of fused-ring (bicyclic) bond motifs is 2. The number of sulfonamides is 1. The molecule has 8 heteroatoms. The molecule has 0 amide bonds. The summed E-state index contributed by atoms with van der Waals surface area (Å²) in [5.74, 6) is -1.82. The van der Waals surface area contributed by atoms with Gasteiger partial charge in [-0.05, 0) is 31.0 Å². The molecule has 2 unspecified atom stereocenters. The van der Waals surface area contributed by atoms with Crippen LogP contribution in [0, 0.1) is 0 Å². The van der Waals surface area contributed by atoms with E-state index in [1.54, 1.807) is 0 Å². The lowest BCUT2D eigenvalue weighted by atomic mass is 10.2. The largest absolute Gasteiger partial charge is 0.507 e. The molecule has 3 rings (SSSR count). The third-order valence-electron chi connectivity index (χ3n) is 3.85. The molecule has 2 heterocycles. The molecular formula is C13H15NO6S. The minimum Gasteiger partial charge on any atom is -0.507 e. The van der Waals surface area contributed by atoms with Crippen LogP contribution in [-0.2, 0) is 14.8 Å². The topological polar surface area (TPSA) is 104 Å². The molecule has 0 aliphatic carbocycles. The van der Waals surface area contributed by atoms with Crippen LogP contribution >= 0.6 is 0 Å². The smallest absolute Gasteiger partial charge is 0.339 e. The maximum atomic E-state index is 12.6. The second kappa shape index (κ2) is 4.97. The monoisotopic (exact) mass is 313 g/mol. The van der Waals surface area contributed by atoms with Gasteiger partial charge in [-0.2, -0.15) is 4.31 Å². The lowest BCUT2D eigenvalue weighted by Crippen LogP contribution is -2.45. The van der Waals surface area contributed by atoms with Gasteiger partial charge in [0, 0.05) is 13.1 Å². The number of aromatic hydroxyl groups is 1. The molecule has 2 atom stereocenters. The molecule has 21 heavy (non-hydrogen) atoms. The first-order chi connectivity index (χ1) is 9.88. The SMILES string of the molecule is O=C(O)c1cc(S(=O)(=O)N2CC3CCC(C2)O3)ccc1O. The van der Waals surface area contributed by atoms with Crippen LogP contribution in [-0.4, -0.2) is 54.2 Å². The molecule has 2 saturated heterocycles. The van der Waals surface area contributed by atoms with Gasteiger partial charge in [-0.3, -0.25) is 0 Å². The Balaban J connectivity index is 1.95. The number of rotatable bonds is 3. The van der Waals surface area contributed by atoms with E-state index in [-0.39, 0.29) is 30.2 Å². The number of hydrogen-bond acceptors (Lipinski definition) is 5. The van der Waals surface area contributed by atoms with Crippen LogP contribution in [0.3, 0.4) is 0 Å². The zero-order chi connectivity index (χ0) is 15.2. The van der Waals surface area contributed by atoms with Gasteiger partial charge in [0.1, 0.15) is 11.3 Å². The van der Waals surface area contributed by atoms with Crippen LogP contribution in [0.1, 0.15) is 23.2 Å². The van der Waals surface area contributed by atoms with Crippen LogP contribution < -0.4 is 0 Å². The van der Waals surface area contributed by atoms with Crippen molar-refractivity contribution in [3.8, 4) is 5.75 Å². The third kappa shape index (κ3) is 2.50. The molecule has 2 N–H and O–H groups in total. The third-order valence-corrected chi connectivity index (χ3v) is 5.67. The van der Waals surface area contributed by atoms with Gasteiger partial charge >= 0.3 is 5.97 Å². The highest BCUT2D eigenvalue weighted by atomic mass is 32.2. The molecule has 2 fully saturated rings. The second-order valence-electron chi connectivity index (χ2n) is 5.26. The molecule has 0 radical (unpaired) electrons. The Morgan fingerprint density at radius 2 is 1.86 bits per heavy atom. The minimum absolute atomic E-state index is 0.0883. The van der Waals surface area contributed by atoms with Crippen molar-refractivity contribution >= 4 is 16.0 Å². The highest BCUT2D eigenvalue weighted by molar-refractivity contribution is 7.89. The number of ether oxygens (including phenoxy) is 1. The van der Waals surface area contributed by atoms with Gasteiger partial charge in [0.25, 0.3) is 0 Å². The number of aromatic carboxylic acids is 1. The molecule has 2 aliphatic heterocycles. The summed E-state index contributed by atoms with van der Waals surface area (Å²) in [4.78, 5) is 10.9. The molecule has 0 aromatic heterocycles. The maximum absolute atomic E-state index is 12.6. The summed E-state index contributed by atoms with van der Waals surface area (Å²) in [5, 5.41) is 18.4. The fourth-order valence-electron chi connectivity index (χ4n) is 2.77. The summed E-state index contributed by atoms with van der Waals surface area (Å²) in [6.07, 6.45) is 1.50. The molecular weight excluding hydrogens is 298 g/mol. The fourth-order valence-corrected chi connectivity index (χ4v) is 4.30. The quantitative estimate of drug-likeness (QED) is 0.848. The standard InChI is InChI=1S/C13H15NO6S/c15-12-4-3-10(5-11(12)13(16)17)21(18,19)14-6-8-1-2-9(7-14)20-8/h3-5,8-9,15H,1-2,6-7H2,(H,16,17). The van der Waals surface area contributed by atoms with E-state index in [0.717, 1.165) is 25.0 Å². The van der Waals surface area contributed by atoms with Crippen molar-refractivity contribution in [1.82, 2.24) is 4.31 Å². The molecule has 2 bridgehead atoms. The zero-order valence-electron chi connectivity index (χ0n) is 11.1. The lowest BCUT2D eigenvalue weighted by molar-refractivity contribution is -0.0114. The lowest BCUT2D eigenvalue weighted by Gasteiger charge is -2.31. The number of nitrogens with zero attached hydrogens (tertiary/aromatic N) is 1. The Morgan fingerprint density at radius 3 is 2.43 bits per heavy atom. The molecule has 1 aromatic rings.